The zero-order valence-corrected chi connectivity index (χ0v) is 12.4. The maximum atomic E-state index is 11.7. The van der Waals surface area contributed by atoms with Crippen LogP contribution in [0.3, 0.4) is 0 Å². The molecule has 1 N–H and O–H groups in total. The number of amides is 1. The largest absolute Gasteiger partial charge is 0.463 e. The van der Waals surface area contributed by atoms with Crippen LogP contribution in [0.1, 0.15) is 59.3 Å². The lowest BCUT2D eigenvalue weighted by Gasteiger charge is -2.15. The summed E-state index contributed by atoms with van der Waals surface area (Å²) in [5.41, 5.74) is 0. The van der Waals surface area contributed by atoms with Crippen LogP contribution in [0.2, 0.25) is 0 Å². The van der Waals surface area contributed by atoms with Gasteiger partial charge in [-0.25, -0.2) is 0 Å². The zero-order chi connectivity index (χ0) is 14.3. The van der Waals surface area contributed by atoms with Crippen LogP contribution in [-0.2, 0) is 14.3 Å². The van der Waals surface area contributed by atoms with E-state index in [0.717, 1.165) is 32.1 Å². The third kappa shape index (κ3) is 6.60. The molecule has 1 fully saturated rings. The second-order valence-electron chi connectivity index (χ2n) is 5.95. The van der Waals surface area contributed by atoms with Crippen LogP contribution in [-0.4, -0.2) is 24.5 Å². The predicted molar refractivity (Wildman–Crippen MR) is 74.6 cm³/mol. The summed E-state index contributed by atoms with van der Waals surface area (Å²) in [6, 6.07) is 0. The first-order valence-corrected chi connectivity index (χ1v) is 7.46. The van der Waals surface area contributed by atoms with Gasteiger partial charge in [0.1, 0.15) is 0 Å². The van der Waals surface area contributed by atoms with Crippen LogP contribution in [0, 0.1) is 11.8 Å². The molecule has 0 saturated heterocycles. The third-order valence-electron chi connectivity index (χ3n) is 3.49. The van der Waals surface area contributed by atoms with Crippen molar-refractivity contribution in [2.24, 2.45) is 11.8 Å². The van der Waals surface area contributed by atoms with Crippen LogP contribution >= 0.6 is 0 Å². The number of esters is 1. The van der Waals surface area contributed by atoms with Gasteiger partial charge >= 0.3 is 5.97 Å². The highest BCUT2D eigenvalue weighted by molar-refractivity contribution is 5.79. The maximum Gasteiger partial charge on any atom is 0.307 e. The lowest BCUT2D eigenvalue weighted by Crippen LogP contribution is -2.31. The van der Waals surface area contributed by atoms with Crippen molar-refractivity contribution in [1.29, 1.82) is 0 Å². The number of carbonyl (C=O) groups is 2. The average Bonchev–Trinajstić information content (AvgIpc) is 2.80. The molecule has 0 radical (unpaired) electrons. The van der Waals surface area contributed by atoms with Gasteiger partial charge in [0.15, 0.2) is 0 Å². The molecular weight excluding hydrogens is 242 g/mol. The highest BCUT2D eigenvalue weighted by atomic mass is 16.5. The highest BCUT2D eigenvalue weighted by Gasteiger charge is 2.22. The Bertz CT molecular complexity index is 296. The summed E-state index contributed by atoms with van der Waals surface area (Å²) in [7, 11) is 0. The summed E-state index contributed by atoms with van der Waals surface area (Å²) < 4.78 is 5.28. The fourth-order valence-electron chi connectivity index (χ4n) is 2.62. The SMILES string of the molecule is CC(C)C[C@H](C)OC(=O)CCNC(=O)C1CCCC1. The molecule has 110 valence electrons. The summed E-state index contributed by atoms with van der Waals surface area (Å²) in [4.78, 5) is 23.3. The van der Waals surface area contributed by atoms with Gasteiger partial charge in [-0.1, -0.05) is 26.7 Å². The quantitative estimate of drug-likeness (QED) is 0.723. The second-order valence-corrected chi connectivity index (χ2v) is 5.95. The molecule has 1 amide bonds. The van der Waals surface area contributed by atoms with E-state index in [-0.39, 0.29) is 30.3 Å². The monoisotopic (exact) mass is 269 g/mol. The summed E-state index contributed by atoms with van der Waals surface area (Å²) >= 11 is 0. The van der Waals surface area contributed by atoms with E-state index in [2.05, 4.69) is 19.2 Å². The second kappa shape index (κ2) is 8.18. The molecule has 4 nitrogen and oxygen atoms in total. The van der Waals surface area contributed by atoms with E-state index in [1.165, 1.54) is 0 Å². The molecule has 0 spiro atoms. The zero-order valence-electron chi connectivity index (χ0n) is 12.4. The lowest BCUT2D eigenvalue weighted by molar-refractivity contribution is -0.148. The Labute approximate surface area is 116 Å². The summed E-state index contributed by atoms with van der Waals surface area (Å²) in [5, 5.41) is 2.83. The molecule has 4 heteroatoms. The fourth-order valence-corrected chi connectivity index (χ4v) is 2.62. The lowest BCUT2D eigenvalue weighted by atomic mass is 10.1. The molecule has 1 aliphatic rings. The van der Waals surface area contributed by atoms with Crippen molar-refractivity contribution in [1.82, 2.24) is 5.32 Å². The summed E-state index contributed by atoms with van der Waals surface area (Å²) in [5.74, 6) is 0.557. The Kier molecular flexibility index (Phi) is 6.89. The van der Waals surface area contributed by atoms with Crippen molar-refractivity contribution >= 4 is 11.9 Å². The standard InChI is InChI=1S/C15H27NO3/c1-11(2)10-12(3)19-14(17)8-9-16-15(18)13-6-4-5-7-13/h11-13H,4-10H2,1-3H3,(H,16,18)/t12-/m0/s1. The van der Waals surface area contributed by atoms with Gasteiger partial charge in [0, 0.05) is 12.5 Å². The van der Waals surface area contributed by atoms with Crippen molar-refractivity contribution < 1.29 is 14.3 Å². The molecule has 0 unspecified atom stereocenters. The van der Waals surface area contributed by atoms with E-state index in [9.17, 15) is 9.59 Å². The van der Waals surface area contributed by atoms with Crippen LogP contribution in [0.5, 0.6) is 0 Å². The Hall–Kier alpha value is -1.06. The molecule has 0 aromatic carbocycles. The highest BCUT2D eigenvalue weighted by Crippen LogP contribution is 2.24. The van der Waals surface area contributed by atoms with Crippen LogP contribution in [0.25, 0.3) is 0 Å². The molecule has 1 aliphatic carbocycles. The van der Waals surface area contributed by atoms with Gasteiger partial charge in [0.2, 0.25) is 5.91 Å². The van der Waals surface area contributed by atoms with Gasteiger partial charge in [-0.15, -0.1) is 0 Å². The molecular formula is C15H27NO3. The molecule has 1 saturated carbocycles. The molecule has 19 heavy (non-hydrogen) atoms. The van der Waals surface area contributed by atoms with Crippen molar-refractivity contribution in [3.8, 4) is 0 Å². The first-order chi connectivity index (χ1) is 8.99. The summed E-state index contributed by atoms with van der Waals surface area (Å²) in [6.07, 6.45) is 5.36. The molecule has 0 aliphatic heterocycles. The van der Waals surface area contributed by atoms with E-state index in [1.54, 1.807) is 0 Å². The normalized spacial score (nSPS) is 17.5. The van der Waals surface area contributed by atoms with Gasteiger partial charge in [-0.2, -0.15) is 0 Å². The van der Waals surface area contributed by atoms with Gasteiger partial charge in [0.05, 0.1) is 12.5 Å². The average molecular weight is 269 g/mol. The number of hydrogen-bond donors (Lipinski definition) is 1. The predicted octanol–water partition coefficient (Wildman–Crippen LogP) is 2.66. The molecule has 1 rings (SSSR count). The number of carbonyl (C=O) groups excluding carboxylic acids is 2. The number of ether oxygens (including phenoxy) is 1. The molecule has 0 heterocycles. The van der Waals surface area contributed by atoms with E-state index < -0.39 is 0 Å². The molecule has 0 aromatic rings. The van der Waals surface area contributed by atoms with Gasteiger partial charge in [-0.05, 0) is 32.1 Å². The first kappa shape index (κ1) is 16.0. The van der Waals surface area contributed by atoms with E-state index in [4.69, 9.17) is 4.74 Å². The van der Waals surface area contributed by atoms with Gasteiger partial charge in [-0.3, -0.25) is 9.59 Å². The molecule has 1 atom stereocenters. The number of nitrogens with one attached hydrogen (secondary N) is 1. The smallest absolute Gasteiger partial charge is 0.307 e. The van der Waals surface area contributed by atoms with Crippen LogP contribution < -0.4 is 5.32 Å². The maximum absolute atomic E-state index is 11.7. The number of rotatable bonds is 7. The Morgan fingerprint density at radius 2 is 1.84 bits per heavy atom. The minimum Gasteiger partial charge on any atom is -0.463 e. The van der Waals surface area contributed by atoms with Crippen molar-refractivity contribution in [2.45, 2.75) is 65.4 Å². The van der Waals surface area contributed by atoms with E-state index in [0.29, 0.717) is 12.5 Å². The Morgan fingerprint density at radius 1 is 1.21 bits per heavy atom. The van der Waals surface area contributed by atoms with Gasteiger partial charge in [0.25, 0.3) is 0 Å². The van der Waals surface area contributed by atoms with Crippen LogP contribution in [0.4, 0.5) is 0 Å². The molecule has 0 aromatic heterocycles. The Balaban J connectivity index is 2.11. The topological polar surface area (TPSA) is 55.4 Å². The minimum atomic E-state index is -0.222. The van der Waals surface area contributed by atoms with Crippen molar-refractivity contribution in [2.75, 3.05) is 6.54 Å². The van der Waals surface area contributed by atoms with E-state index >= 15 is 0 Å². The van der Waals surface area contributed by atoms with Gasteiger partial charge < -0.3 is 10.1 Å². The first-order valence-electron chi connectivity index (χ1n) is 7.46. The molecule has 0 bridgehead atoms. The van der Waals surface area contributed by atoms with Crippen LogP contribution in [0.15, 0.2) is 0 Å². The van der Waals surface area contributed by atoms with Crippen molar-refractivity contribution in [3.63, 3.8) is 0 Å². The fraction of sp³-hybridized carbons (Fsp3) is 0.867. The Morgan fingerprint density at radius 3 is 2.42 bits per heavy atom. The number of hydrogen-bond acceptors (Lipinski definition) is 3. The van der Waals surface area contributed by atoms with E-state index in [1.807, 2.05) is 6.92 Å². The van der Waals surface area contributed by atoms with Crippen molar-refractivity contribution in [3.05, 3.63) is 0 Å². The summed E-state index contributed by atoms with van der Waals surface area (Å²) in [6.45, 7) is 6.51. The minimum absolute atomic E-state index is 0.0435. The third-order valence-corrected chi connectivity index (χ3v) is 3.49.